The molecule has 0 atom stereocenters. The summed E-state index contributed by atoms with van der Waals surface area (Å²) in [5.41, 5.74) is 4.70. The highest BCUT2D eigenvalue weighted by atomic mass is 16.5. The van der Waals surface area contributed by atoms with E-state index in [1.807, 2.05) is 31.2 Å². The number of anilines is 1. The summed E-state index contributed by atoms with van der Waals surface area (Å²) in [6.45, 7) is 1.62. The van der Waals surface area contributed by atoms with Gasteiger partial charge < -0.3 is 19.5 Å². The summed E-state index contributed by atoms with van der Waals surface area (Å²) in [4.78, 5) is 24.0. The molecule has 3 aromatic carbocycles. The molecule has 2 N–H and O–H groups in total. The summed E-state index contributed by atoms with van der Waals surface area (Å²) in [7, 11) is 1.54. The van der Waals surface area contributed by atoms with Gasteiger partial charge in [0.05, 0.1) is 19.0 Å². The van der Waals surface area contributed by atoms with Crippen LogP contribution in [0.5, 0.6) is 17.2 Å². The molecule has 0 spiro atoms. The largest absolute Gasteiger partial charge is 0.495 e. The van der Waals surface area contributed by atoms with E-state index in [1.165, 1.54) is 13.3 Å². The maximum Gasteiger partial charge on any atom is 0.277 e. The number of carbonyl (C=O) groups excluding carboxylic acids is 2. The Labute approximate surface area is 192 Å². The fourth-order valence-corrected chi connectivity index (χ4v) is 2.81. The lowest BCUT2D eigenvalue weighted by molar-refractivity contribution is -0.123. The van der Waals surface area contributed by atoms with Crippen LogP contribution in [0.25, 0.3) is 0 Å². The van der Waals surface area contributed by atoms with E-state index in [0.717, 1.165) is 11.1 Å². The van der Waals surface area contributed by atoms with Crippen molar-refractivity contribution in [2.45, 2.75) is 6.92 Å². The average Bonchev–Trinajstić information content (AvgIpc) is 2.83. The van der Waals surface area contributed by atoms with Gasteiger partial charge in [-0.1, -0.05) is 30.3 Å². The number of benzene rings is 3. The fraction of sp³-hybridized carbons (Fsp3) is 0.160. The number of para-hydroxylation sites is 3. The first-order valence-corrected chi connectivity index (χ1v) is 10.2. The zero-order valence-electron chi connectivity index (χ0n) is 18.4. The SMILES string of the molecule is COc1ccccc1NC(=O)COc1ccc(/C=N\NC(=O)COc2ccccc2C)cc1. The highest BCUT2D eigenvalue weighted by Gasteiger charge is 2.08. The second-order valence-electron chi connectivity index (χ2n) is 6.95. The van der Waals surface area contributed by atoms with Crippen LogP contribution in [-0.4, -0.2) is 38.4 Å². The number of nitrogens with zero attached hydrogens (tertiary/aromatic N) is 1. The third-order valence-electron chi connectivity index (χ3n) is 4.49. The summed E-state index contributed by atoms with van der Waals surface area (Å²) in [5, 5.41) is 6.67. The average molecular weight is 447 g/mol. The van der Waals surface area contributed by atoms with E-state index in [-0.39, 0.29) is 25.0 Å². The highest BCUT2D eigenvalue weighted by molar-refractivity contribution is 5.93. The fourth-order valence-electron chi connectivity index (χ4n) is 2.81. The van der Waals surface area contributed by atoms with Gasteiger partial charge in [0.25, 0.3) is 11.8 Å². The zero-order valence-corrected chi connectivity index (χ0v) is 18.4. The number of hydrazone groups is 1. The summed E-state index contributed by atoms with van der Waals surface area (Å²) >= 11 is 0. The lowest BCUT2D eigenvalue weighted by Gasteiger charge is -2.10. The van der Waals surface area contributed by atoms with Crippen molar-refractivity contribution < 1.29 is 23.8 Å². The maximum absolute atomic E-state index is 12.1. The lowest BCUT2D eigenvalue weighted by atomic mass is 10.2. The number of nitrogens with one attached hydrogen (secondary N) is 2. The Bertz CT molecular complexity index is 1110. The smallest absolute Gasteiger partial charge is 0.277 e. The molecule has 0 aliphatic heterocycles. The van der Waals surface area contributed by atoms with E-state index in [2.05, 4.69) is 15.8 Å². The molecule has 0 fully saturated rings. The first-order valence-electron chi connectivity index (χ1n) is 10.2. The Morgan fingerprint density at radius 3 is 2.24 bits per heavy atom. The molecule has 0 saturated carbocycles. The molecular formula is C25H25N3O5. The Kier molecular flexibility index (Phi) is 8.41. The molecule has 0 unspecified atom stereocenters. The molecule has 0 saturated heterocycles. The second kappa shape index (κ2) is 11.9. The van der Waals surface area contributed by atoms with Crippen molar-refractivity contribution in [3.05, 3.63) is 83.9 Å². The van der Waals surface area contributed by atoms with E-state index < -0.39 is 0 Å². The van der Waals surface area contributed by atoms with Crippen LogP contribution in [0.4, 0.5) is 5.69 Å². The summed E-state index contributed by atoms with van der Waals surface area (Å²) in [6, 6.07) is 21.5. The van der Waals surface area contributed by atoms with E-state index in [4.69, 9.17) is 14.2 Å². The predicted molar refractivity (Wildman–Crippen MR) is 126 cm³/mol. The Morgan fingerprint density at radius 2 is 1.52 bits per heavy atom. The van der Waals surface area contributed by atoms with Gasteiger partial charge in [0.2, 0.25) is 0 Å². The minimum atomic E-state index is -0.365. The molecule has 33 heavy (non-hydrogen) atoms. The molecule has 0 aliphatic carbocycles. The van der Waals surface area contributed by atoms with E-state index in [9.17, 15) is 9.59 Å². The topological polar surface area (TPSA) is 98.3 Å². The molecule has 0 aliphatic rings. The number of ether oxygens (including phenoxy) is 3. The van der Waals surface area contributed by atoms with Crippen molar-refractivity contribution in [2.75, 3.05) is 25.6 Å². The third-order valence-corrected chi connectivity index (χ3v) is 4.49. The normalized spacial score (nSPS) is 10.5. The maximum atomic E-state index is 12.1. The van der Waals surface area contributed by atoms with Crippen LogP contribution in [-0.2, 0) is 9.59 Å². The van der Waals surface area contributed by atoms with Gasteiger partial charge in [-0.05, 0) is 60.5 Å². The van der Waals surface area contributed by atoms with Crippen molar-refractivity contribution in [3.63, 3.8) is 0 Å². The van der Waals surface area contributed by atoms with Crippen LogP contribution in [0.1, 0.15) is 11.1 Å². The number of carbonyl (C=O) groups is 2. The summed E-state index contributed by atoms with van der Waals surface area (Å²) in [5.74, 6) is 1.08. The van der Waals surface area contributed by atoms with Crippen LogP contribution in [0.2, 0.25) is 0 Å². The monoisotopic (exact) mass is 447 g/mol. The summed E-state index contributed by atoms with van der Waals surface area (Å²) < 4.78 is 16.2. The zero-order chi connectivity index (χ0) is 23.5. The van der Waals surface area contributed by atoms with Crippen molar-refractivity contribution in [1.29, 1.82) is 0 Å². The van der Waals surface area contributed by atoms with E-state index in [1.54, 1.807) is 48.5 Å². The number of amides is 2. The third kappa shape index (κ3) is 7.39. The van der Waals surface area contributed by atoms with E-state index in [0.29, 0.717) is 22.9 Å². The molecule has 0 radical (unpaired) electrons. The lowest BCUT2D eigenvalue weighted by Crippen LogP contribution is -2.24. The number of methoxy groups -OCH3 is 1. The Morgan fingerprint density at radius 1 is 0.848 bits per heavy atom. The molecule has 170 valence electrons. The van der Waals surface area contributed by atoms with Gasteiger partial charge in [0, 0.05) is 0 Å². The van der Waals surface area contributed by atoms with Crippen molar-refractivity contribution >= 4 is 23.7 Å². The van der Waals surface area contributed by atoms with Gasteiger partial charge in [-0.15, -0.1) is 0 Å². The first kappa shape index (κ1) is 23.3. The summed E-state index contributed by atoms with van der Waals surface area (Å²) in [6.07, 6.45) is 1.50. The molecule has 8 heteroatoms. The molecule has 3 aromatic rings. The van der Waals surface area contributed by atoms with Crippen molar-refractivity contribution in [1.82, 2.24) is 5.43 Å². The number of hydrogen-bond donors (Lipinski definition) is 2. The number of hydrogen-bond acceptors (Lipinski definition) is 6. The van der Waals surface area contributed by atoms with Gasteiger partial charge in [-0.25, -0.2) is 5.43 Å². The standard InChI is InChI=1S/C25H25N3O5/c1-18-7-3-5-9-22(18)33-17-25(30)28-26-15-19-11-13-20(14-12-19)32-16-24(29)27-21-8-4-6-10-23(21)31-2/h3-15H,16-17H2,1-2H3,(H,27,29)(H,28,30)/b26-15-. The van der Waals surface area contributed by atoms with Gasteiger partial charge >= 0.3 is 0 Å². The molecule has 2 amide bonds. The Hall–Kier alpha value is -4.33. The molecule has 3 rings (SSSR count). The molecule has 0 heterocycles. The minimum absolute atomic E-state index is 0.133. The van der Waals surface area contributed by atoms with Gasteiger partial charge in [-0.2, -0.15) is 5.10 Å². The van der Waals surface area contributed by atoms with Crippen LogP contribution < -0.4 is 25.0 Å². The first-order chi connectivity index (χ1) is 16.0. The van der Waals surface area contributed by atoms with Gasteiger partial charge in [0.1, 0.15) is 17.2 Å². The van der Waals surface area contributed by atoms with Gasteiger partial charge in [0.15, 0.2) is 13.2 Å². The predicted octanol–water partition coefficient (Wildman–Crippen LogP) is 3.55. The molecule has 0 aromatic heterocycles. The van der Waals surface area contributed by atoms with Crippen LogP contribution in [0, 0.1) is 6.92 Å². The second-order valence-corrected chi connectivity index (χ2v) is 6.95. The molecular weight excluding hydrogens is 422 g/mol. The molecule has 8 nitrogen and oxygen atoms in total. The highest BCUT2D eigenvalue weighted by Crippen LogP contribution is 2.23. The van der Waals surface area contributed by atoms with Gasteiger partial charge in [-0.3, -0.25) is 9.59 Å². The Balaban J connectivity index is 1.41. The van der Waals surface area contributed by atoms with Crippen LogP contribution in [0.15, 0.2) is 77.9 Å². The van der Waals surface area contributed by atoms with Crippen molar-refractivity contribution in [3.8, 4) is 17.2 Å². The quantitative estimate of drug-likeness (QED) is 0.366. The number of rotatable bonds is 10. The van der Waals surface area contributed by atoms with Crippen molar-refractivity contribution in [2.24, 2.45) is 5.10 Å². The van der Waals surface area contributed by atoms with Crippen LogP contribution in [0.3, 0.4) is 0 Å². The minimum Gasteiger partial charge on any atom is -0.495 e. The molecule has 0 bridgehead atoms. The van der Waals surface area contributed by atoms with Crippen LogP contribution >= 0.6 is 0 Å². The van der Waals surface area contributed by atoms with E-state index >= 15 is 0 Å². The number of aryl methyl sites for hydroxylation is 1.